The lowest BCUT2D eigenvalue weighted by molar-refractivity contribution is 0.227. The maximum absolute atomic E-state index is 6.07. The molecular formula is C22H26ClN3O. The summed E-state index contributed by atoms with van der Waals surface area (Å²) in [6.07, 6.45) is 3.67. The molecule has 1 aromatic heterocycles. The number of nitrogens with zero attached hydrogens (tertiary/aromatic N) is 3. The Balaban J connectivity index is 1.44. The third-order valence-corrected chi connectivity index (χ3v) is 5.64. The van der Waals surface area contributed by atoms with E-state index in [4.69, 9.17) is 21.4 Å². The smallest absolute Gasteiger partial charge is 0.240 e. The number of fused-ring (bicyclic) bond motifs is 1. The molecule has 2 aromatic carbocycles. The van der Waals surface area contributed by atoms with Crippen LogP contribution in [0.25, 0.3) is 10.9 Å². The van der Waals surface area contributed by atoms with Crippen LogP contribution in [0.2, 0.25) is 5.02 Å². The van der Waals surface area contributed by atoms with Gasteiger partial charge in [-0.25, -0.2) is 0 Å². The minimum atomic E-state index is 0.700. The average molecular weight is 384 g/mol. The fraction of sp³-hybridized carbons (Fsp3) is 0.409. The largest absolute Gasteiger partial charge is 0.476 e. The summed E-state index contributed by atoms with van der Waals surface area (Å²) in [6, 6.07) is 16.9. The van der Waals surface area contributed by atoms with Crippen LogP contribution in [0.3, 0.4) is 0 Å². The molecule has 4 nitrogen and oxygen atoms in total. The predicted molar refractivity (Wildman–Crippen MR) is 111 cm³/mol. The first-order valence-electron chi connectivity index (χ1n) is 9.77. The maximum Gasteiger partial charge on any atom is 0.240 e. The fourth-order valence-corrected chi connectivity index (χ4v) is 3.97. The monoisotopic (exact) mass is 383 g/mol. The van der Waals surface area contributed by atoms with Gasteiger partial charge in [0.25, 0.3) is 0 Å². The molecule has 1 saturated heterocycles. The molecule has 1 aliphatic rings. The zero-order chi connectivity index (χ0) is 18.6. The molecule has 5 heteroatoms. The minimum Gasteiger partial charge on any atom is -0.476 e. The van der Waals surface area contributed by atoms with Crippen LogP contribution in [0.5, 0.6) is 5.88 Å². The molecule has 1 aliphatic heterocycles. The summed E-state index contributed by atoms with van der Waals surface area (Å²) in [7, 11) is 0. The third kappa shape index (κ3) is 4.28. The van der Waals surface area contributed by atoms with Crippen molar-refractivity contribution in [2.45, 2.75) is 38.8 Å². The van der Waals surface area contributed by atoms with Gasteiger partial charge in [0.15, 0.2) is 0 Å². The highest BCUT2D eigenvalue weighted by molar-refractivity contribution is 6.30. The van der Waals surface area contributed by atoms with E-state index >= 15 is 0 Å². The van der Waals surface area contributed by atoms with E-state index in [9.17, 15) is 0 Å². The minimum absolute atomic E-state index is 0.700. The highest BCUT2D eigenvalue weighted by Crippen LogP contribution is 2.26. The normalized spacial score (nSPS) is 17.6. The van der Waals surface area contributed by atoms with E-state index in [1.54, 1.807) is 0 Å². The van der Waals surface area contributed by atoms with Gasteiger partial charge in [-0.3, -0.25) is 4.68 Å². The zero-order valence-corrected chi connectivity index (χ0v) is 16.5. The number of aromatic nitrogens is 2. The van der Waals surface area contributed by atoms with Crippen LogP contribution in [0.4, 0.5) is 0 Å². The SMILES string of the molecule is C[C@H]1CCCN1CCCOc1nn(Cc2ccc(Cl)cc2)c2ccccc12. The molecule has 0 spiro atoms. The van der Waals surface area contributed by atoms with Gasteiger partial charge in [0.05, 0.1) is 24.1 Å². The van der Waals surface area contributed by atoms with Gasteiger partial charge in [-0.2, -0.15) is 0 Å². The Morgan fingerprint density at radius 3 is 2.74 bits per heavy atom. The third-order valence-electron chi connectivity index (χ3n) is 5.39. The molecular weight excluding hydrogens is 358 g/mol. The zero-order valence-electron chi connectivity index (χ0n) is 15.8. The van der Waals surface area contributed by atoms with E-state index in [1.807, 2.05) is 41.1 Å². The first-order valence-corrected chi connectivity index (χ1v) is 10.2. The number of rotatable bonds is 7. The Kier molecular flexibility index (Phi) is 5.65. The van der Waals surface area contributed by atoms with Crippen molar-refractivity contribution >= 4 is 22.5 Å². The second-order valence-corrected chi connectivity index (χ2v) is 7.77. The Labute approximate surface area is 165 Å². The molecule has 0 unspecified atom stereocenters. The lowest BCUT2D eigenvalue weighted by Crippen LogP contribution is -2.28. The Morgan fingerprint density at radius 2 is 1.96 bits per heavy atom. The van der Waals surface area contributed by atoms with Crippen molar-refractivity contribution in [2.24, 2.45) is 0 Å². The molecule has 0 amide bonds. The molecule has 0 bridgehead atoms. The van der Waals surface area contributed by atoms with E-state index in [0.717, 1.165) is 34.8 Å². The molecule has 0 N–H and O–H groups in total. The van der Waals surface area contributed by atoms with Crippen molar-refractivity contribution in [2.75, 3.05) is 19.7 Å². The van der Waals surface area contributed by atoms with Crippen LogP contribution in [-0.4, -0.2) is 40.4 Å². The highest BCUT2D eigenvalue weighted by atomic mass is 35.5. The first-order chi connectivity index (χ1) is 13.2. The first kappa shape index (κ1) is 18.3. The van der Waals surface area contributed by atoms with E-state index in [1.165, 1.54) is 24.9 Å². The summed E-state index contributed by atoms with van der Waals surface area (Å²) in [4.78, 5) is 2.56. The summed E-state index contributed by atoms with van der Waals surface area (Å²) >= 11 is 5.99. The lowest BCUT2D eigenvalue weighted by Gasteiger charge is -2.20. The molecule has 1 fully saturated rings. The van der Waals surface area contributed by atoms with Crippen LogP contribution in [0.1, 0.15) is 31.7 Å². The molecule has 4 rings (SSSR count). The van der Waals surface area contributed by atoms with Crippen LogP contribution in [0, 0.1) is 0 Å². The van der Waals surface area contributed by atoms with Gasteiger partial charge in [-0.1, -0.05) is 35.9 Å². The number of ether oxygens (including phenoxy) is 1. The van der Waals surface area contributed by atoms with E-state index in [2.05, 4.69) is 24.0 Å². The molecule has 0 aliphatic carbocycles. The molecule has 142 valence electrons. The molecule has 0 saturated carbocycles. The van der Waals surface area contributed by atoms with Crippen molar-refractivity contribution in [3.63, 3.8) is 0 Å². The van der Waals surface area contributed by atoms with Gasteiger partial charge in [0.1, 0.15) is 0 Å². The fourth-order valence-electron chi connectivity index (χ4n) is 3.85. The van der Waals surface area contributed by atoms with Crippen LogP contribution in [-0.2, 0) is 6.54 Å². The van der Waals surface area contributed by atoms with Crippen molar-refractivity contribution in [3.05, 3.63) is 59.1 Å². The van der Waals surface area contributed by atoms with Crippen molar-refractivity contribution in [1.29, 1.82) is 0 Å². The standard InChI is InChI=1S/C22H26ClN3O/c1-17-6-4-13-25(17)14-5-15-27-22-20-7-2-3-8-21(20)26(24-22)16-18-9-11-19(23)12-10-18/h2-3,7-12,17H,4-6,13-16H2,1H3/t17-/m0/s1. The Morgan fingerprint density at radius 1 is 1.15 bits per heavy atom. The van der Waals surface area contributed by atoms with Crippen molar-refractivity contribution in [1.82, 2.24) is 14.7 Å². The summed E-state index contributed by atoms with van der Waals surface area (Å²) in [5, 5.41) is 6.56. The van der Waals surface area contributed by atoms with Gasteiger partial charge >= 0.3 is 0 Å². The number of hydrogen-bond acceptors (Lipinski definition) is 3. The Bertz CT molecular complexity index is 890. The Hall–Kier alpha value is -2.04. The van der Waals surface area contributed by atoms with Gasteiger partial charge in [0, 0.05) is 17.6 Å². The molecule has 2 heterocycles. The summed E-state index contributed by atoms with van der Waals surface area (Å²) in [6.45, 7) is 6.04. The second kappa shape index (κ2) is 8.32. The summed E-state index contributed by atoms with van der Waals surface area (Å²) in [5.74, 6) is 0.731. The number of likely N-dealkylation sites (tertiary alicyclic amines) is 1. The molecule has 3 aromatic rings. The molecule has 0 radical (unpaired) electrons. The van der Waals surface area contributed by atoms with Gasteiger partial charge < -0.3 is 9.64 Å². The van der Waals surface area contributed by atoms with Gasteiger partial charge in [-0.15, -0.1) is 5.10 Å². The average Bonchev–Trinajstić information content (AvgIpc) is 3.25. The number of para-hydroxylation sites is 1. The summed E-state index contributed by atoms with van der Waals surface area (Å²) in [5.41, 5.74) is 2.26. The van der Waals surface area contributed by atoms with Crippen LogP contribution < -0.4 is 4.74 Å². The lowest BCUT2D eigenvalue weighted by atomic mass is 10.2. The van der Waals surface area contributed by atoms with E-state index in [0.29, 0.717) is 19.2 Å². The van der Waals surface area contributed by atoms with Crippen molar-refractivity contribution in [3.8, 4) is 5.88 Å². The quantitative estimate of drug-likeness (QED) is 0.538. The van der Waals surface area contributed by atoms with Crippen LogP contribution in [0.15, 0.2) is 48.5 Å². The molecule has 27 heavy (non-hydrogen) atoms. The predicted octanol–water partition coefficient (Wildman–Crippen LogP) is 4.99. The van der Waals surface area contributed by atoms with E-state index in [-0.39, 0.29) is 0 Å². The molecule has 1 atom stereocenters. The number of halogens is 1. The van der Waals surface area contributed by atoms with Gasteiger partial charge in [-0.05, 0) is 62.6 Å². The number of benzene rings is 2. The van der Waals surface area contributed by atoms with Crippen LogP contribution >= 0.6 is 11.6 Å². The topological polar surface area (TPSA) is 30.3 Å². The van der Waals surface area contributed by atoms with E-state index < -0.39 is 0 Å². The maximum atomic E-state index is 6.07. The van der Waals surface area contributed by atoms with Gasteiger partial charge in [0.2, 0.25) is 5.88 Å². The summed E-state index contributed by atoms with van der Waals surface area (Å²) < 4.78 is 8.08. The number of hydrogen-bond donors (Lipinski definition) is 0. The van der Waals surface area contributed by atoms with Crippen molar-refractivity contribution < 1.29 is 4.74 Å². The highest BCUT2D eigenvalue weighted by Gasteiger charge is 2.19. The second-order valence-electron chi connectivity index (χ2n) is 7.34.